The fourth-order valence-corrected chi connectivity index (χ4v) is 3.21. The van der Waals surface area contributed by atoms with Crippen molar-refractivity contribution in [2.24, 2.45) is 5.92 Å². The summed E-state index contributed by atoms with van der Waals surface area (Å²) in [4.78, 5) is 0. The normalized spacial score (nSPS) is 16.6. The molecule has 1 aromatic heterocycles. The molecule has 1 aromatic rings. The second-order valence-electron chi connectivity index (χ2n) is 6.55. The summed E-state index contributed by atoms with van der Waals surface area (Å²) in [6.45, 7) is 7.91. The molecule has 2 rings (SSSR count). The number of aromatic nitrogens is 2. The van der Waals surface area contributed by atoms with Crippen LogP contribution in [-0.2, 0) is 6.42 Å². The fraction of sp³-hybridized carbons (Fsp3) is 0.833. The van der Waals surface area contributed by atoms with E-state index < -0.39 is 0 Å². The van der Waals surface area contributed by atoms with E-state index in [4.69, 9.17) is 5.10 Å². The summed E-state index contributed by atoms with van der Waals surface area (Å²) in [6, 6.07) is 3.54. The highest BCUT2D eigenvalue weighted by Crippen LogP contribution is 2.34. The Hall–Kier alpha value is -0.830. The van der Waals surface area contributed by atoms with Crippen LogP contribution in [0.4, 0.5) is 0 Å². The first-order valence-corrected chi connectivity index (χ1v) is 9.05. The lowest BCUT2D eigenvalue weighted by Crippen LogP contribution is -2.31. The molecule has 3 heteroatoms. The van der Waals surface area contributed by atoms with Gasteiger partial charge in [-0.2, -0.15) is 5.10 Å². The van der Waals surface area contributed by atoms with Crippen molar-refractivity contribution in [3.8, 4) is 0 Å². The predicted octanol–water partition coefficient (Wildman–Crippen LogP) is 4.35. The second-order valence-corrected chi connectivity index (χ2v) is 6.55. The van der Waals surface area contributed by atoms with Crippen molar-refractivity contribution >= 4 is 0 Å². The van der Waals surface area contributed by atoms with Gasteiger partial charge in [-0.3, -0.25) is 4.68 Å². The topological polar surface area (TPSA) is 29.9 Å². The Labute approximate surface area is 130 Å². The molecule has 0 aliphatic heterocycles. The zero-order chi connectivity index (χ0) is 15.1. The van der Waals surface area contributed by atoms with Gasteiger partial charge in [-0.1, -0.05) is 20.8 Å². The van der Waals surface area contributed by atoms with Crippen molar-refractivity contribution in [3.05, 3.63) is 18.0 Å². The summed E-state index contributed by atoms with van der Waals surface area (Å²) in [5.74, 6) is 0.957. The van der Waals surface area contributed by atoms with Crippen molar-refractivity contribution in [1.29, 1.82) is 0 Å². The van der Waals surface area contributed by atoms with Crippen molar-refractivity contribution < 1.29 is 0 Å². The van der Waals surface area contributed by atoms with Gasteiger partial charge in [-0.15, -0.1) is 0 Å². The Bertz CT molecular complexity index is 391. The van der Waals surface area contributed by atoms with Crippen molar-refractivity contribution in [1.82, 2.24) is 15.1 Å². The van der Waals surface area contributed by atoms with Crippen molar-refractivity contribution in [2.45, 2.75) is 84.2 Å². The van der Waals surface area contributed by atoms with Gasteiger partial charge in [0.25, 0.3) is 0 Å². The highest BCUT2D eigenvalue weighted by atomic mass is 15.3. The summed E-state index contributed by atoms with van der Waals surface area (Å²) < 4.78 is 2.17. The van der Waals surface area contributed by atoms with Crippen LogP contribution >= 0.6 is 0 Å². The third-order valence-corrected chi connectivity index (χ3v) is 4.78. The average Bonchev–Trinajstić information content (AvgIpc) is 3.24. The van der Waals surface area contributed by atoms with Crippen LogP contribution < -0.4 is 5.32 Å². The van der Waals surface area contributed by atoms with E-state index in [0.717, 1.165) is 18.4 Å². The molecule has 1 heterocycles. The molecule has 0 radical (unpaired) electrons. The molecule has 1 N–H and O–H groups in total. The van der Waals surface area contributed by atoms with Gasteiger partial charge in [0.15, 0.2) is 0 Å². The number of aryl methyl sites for hydroxylation is 1. The number of nitrogens with one attached hydrogen (secondary N) is 1. The molecule has 0 bridgehead atoms. The van der Waals surface area contributed by atoms with E-state index >= 15 is 0 Å². The lowest BCUT2D eigenvalue weighted by molar-refractivity contribution is 0.415. The predicted molar refractivity (Wildman–Crippen MR) is 89.6 cm³/mol. The minimum absolute atomic E-state index is 0.573. The molecule has 120 valence electrons. The Morgan fingerprint density at radius 2 is 2.05 bits per heavy atom. The summed E-state index contributed by atoms with van der Waals surface area (Å²) in [5.41, 5.74) is 1.27. The molecule has 1 aliphatic carbocycles. The van der Waals surface area contributed by atoms with Crippen LogP contribution in [0.15, 0.2) is 12.3 Å². The molecule has 0 saturated heterocycles. The minimum Gasteiger partial charge on any atom is -0.314 e. The maximum Gasteiger partial charge on any atom is 0.0624 e. The monoisotopic (exact) mass is 291 g/mol. The van der Waals surface area contributed by atoms with Crippen molar-refractivity contribution in [3.63, 3.8) is 0 Å². The Morgan fingerprint density at radius 3 is 2.67 bits per heavy atom. The first-order valence-electron chi connectivity index (χ1n) is 9.05. The van der Waals surface area contributed by atoms with E-state index in [2.05, 4.69) is 43.0 Å². The maximum absolute atomic E-state index is 4.77. The van der Waals surface area contributed by atoms with E-state index in [9.17, 15) is 0 Å². The number of rotatable bonds is 11. The first kappa shape index (κ1) is 16.5. The maximum atomic E-state index is 4.77. The average molecular weight is 291 g/mol. The largest absolute Gasteiger partial charge is 0.314 e. The van der Waals surface area contributed by atoms with E-state index in [0.29, 0.717) is 6.04 Å². The lowest BCUT2D eigenvalue weighted by Gasteiger charge is -2.17. The highest BCUT2D eigenvalue weighted by Gasteiger charge is 2.30. The molecule has 21 heavy (non-hydrogen) atoms. The molecule has 0 amide bonds. The molecule has 0 aromatic carbocycles. The van der Waals surface area contributed by atoms with Crippen LogP contribution in [0.1, 0.15) is 77.5 Å². The van der Waals surface area contributed by atoms with Gasteiger partial charge >= 0.3 is 0 Å². The van der Waals surface area contributed by atoms with Gasteiger partial charge in [0.05, 0.1) is 11.7 Å². The SMILES string of the molecule is CCCNC(CCCc1ccn(C(CC)CC)n1)C1CC1. The smallest absolute Gasteiger partial charge is 0.0624 e. The highest BCUT2D eigenvalue weighted by molar-refractivity contribution is 5.00. The van der Waals surface area contributed by atoms with Gasteiger partial charge in [0.2, 0.25) is 0 Å². The summed E-state index contributed by atoms with van der Waals surface area (Å²) >= 11 is 0. The molecule has 3 nitrogen and oxygen atoms in total. The van der Waals surface area contributed by atoms with Crippen LogP contribution in [0.3, 0.4) is 0 Å². The van der Waals surface area contributed by atoms with E-state index in [1.807, 2.05) is 0 Å². The number of hydrogen-bond donors (Lipinski definition) is 1. The molecular formula is C18H33N3. The van der Waals surface area contributed by atoms with Crippen LogP contribution in [0, 0.1) is 5.92 Å². The zero-order valence-electron chi connectivity index (χ0n) is 14.1. The molecule has 1 saturated carbocycles. The van der Waals surface area contributed by atoms with Crippen LogP contribution in [0.5, 0.6) is 0 Å². The number of hydrogen-bond acceptors (Lipinski definition) is 2. The molecule has 1 unspecified atom stereocenters. The van der Waals surface area contributed by atoms with Crippen LogP contribution in [-0.4, -0.2) is 22.4 Å². The zero-order valence-corrected chi connectivity index (χ0v) is 14.1. The lowest BCUT2D eigenvalue weighted by atomic mass is 10.0. The summed E-state index contributed by atoms with van der Waals surface area (Å²) in [6.07, 6.45) is 12.3. The third-order valence-electron chi connectivity index (χ3n) is 4.78. The van der Waals surface area contributed by atoms with Gasteiger partial charge in [0, 0.05) is 12.2 Å². The molecular weight excluding hydrogens is 258 g/mol. The molecule has 1 fully saturated rings. The van der Waals surface area contributed by atoms with Gasteiger partial charge in [0.1, 0.15) is 0 Å². The standard InChI is InChI=1S/C18H33N3/c1-4-13-19-18(15-10-11-15)9-7-8-16-12-14-21(20-16)17(5-2)6-3/h12,14-15,17-19H,4-11,13H2,1-3H3. The first-order chi connectivity index (χ1) is 10.3. The van der Waals surface area contributed by atoms with Gasteiger partial charge in [-0.05, 0) is 69.9 Å². The summed E-state index contributed by atoms with van der Waals surface area (Å²) in [5, 5.41) is 8.50. The molecule has 0 spiro atoms. The van der Waals surface area contributed by atoms with Gasteiger partial charge < -0.3 is 5.32 Å². The Morgan fingerprint density at radius 1 is 1.29 bits per heavy atom. The quantitative estimate of drug-likeness (QED) is 0.657. The van der Waals surface area contributed by atoms with E-state index in [1.54, 1.807) is 0 Å². The van der Waals surface area contributed by atoms with E-state index in [1.165, 1.54) is 57.2 Å². The van der Waals surface area contributed by atoms with Gasteiger partial charge in [-0.25, -0.2) is 0 Å². The van der Waals surface area contributed by atoms with Crippen LogP contribution in [0.25, 0.3) is 0 Å². The van der Waals surface area contributed by atoms with Crippen LogP contribution in [0.2, 0.25) is 0 Å². The summed E-state index contributed by atoms with van der Waals surface area (Å²) in [7, 11) is 0. The Balaban J connectivity index is 1.74. The molecule has 1 atom stereocenters. The fourth-order valence-electron chi connectivity index (χ4n) is 3.21. The van der Waals surface area contributed by atoms with Crippen molar-refractivity contribution in [2.75, 3.05) is 6.54 Å². The minimum atomic E-state index is 0.573. The second kappa shape index (κ2) is 8.57. The molecule has 1 aliphatic rings. The van der Waals surface area contributed by atoms with E-state index in [-0.39, 0.29) is 0 Å². The Kier molecular flexibility index (Phi) is 6.75. The number of nitrogens with zero attached hydrogens (tertiary/aromatic N) is 2. The third kappa shape index (κ3) is 5.14.